The van der Waals surface area contributed by atoms with E-state index in [9.17, 15) is 0 Å². The molecule has 13 heavy (non-hydrogen) atoms. The van der Waals surface area contributed by atoms with E-state index in [1.165, 1.54) is 31.2 Å². The number of benzene rings is 1. The standard InChI is InChI=1S/C12H17N/c13-12-9-5-4-8-11(12)10-6-2-1-3-7-10/h1-3,6-7,11-12H,4-5,8-9,13H2/t11-,12+/m1/s1. The zero-order valence-corrected chi connectivity index (χ0v) is 7.95. The van der Waals surface area contributed by atoms with Crippen molar-refractivity contribution in [2.75, 3.05) is 0 Å². The van der Waals surface area contributed by atoms with Gasteiger partial charge < -0.3 is 5.73 Å². The van der Waals surface area contributed by atoms with Gasteiger partial charge in [-0.2, -0.15) is 0 Å². The van der Waals surface area contributed by atoms with E-state index in [4.69, 9.17) is 5.73 Å². The quantitative estimate of drug-likeness (QED) is 0.697. The molecule has 70 valence electrons. The van der Waals surface area contributed by atoms with Crippen LogP contribution in [0.5, 0.6) is 0 Å². The van der Waals surface area contributed by atoms with Gasteiger partial charge in [0.15, 0.2) is 0 Å². The molecule has 1 saturated carbocycles. The Morgan fingerprint density at radius 1 is 1.00 bits per heavy atom. The highest BCUT2D eigenvalue weighted by Crippen LogP contribution is 2.31. The van der Waals surface area contributed by atoms with Crippen molar-refractivity contribution in [2.24, 2.45) is 5.73 Å². The third-order valence-electron chi connectivity index (χ3n) is 3.05. The van der Waals surface area contributed by atoms with Crippen molar-refractivity contribution in [3.05, 3.63) is 35.9 Å². The van der Waals surface area contributed by atoms with Gasteiger partial charge in [-0.05, 0) is 24.3 Å². The van der Waals surface area contributed by atoms with Gasteiger partial charge in [-0.25, -0.2) is 0 Å². The monoisotopic (exact) mass is 175 g/mol. The molecule has 1 fully saturated rings. The smallest absolute Gasteiger partial charge is 0.0108 e. The van der Waals surface area contributed by atoms with Crippen LogP contribution in [-0.2, 0) is 0 Å². The van der Waals surface area contributed by atoms with Gasteiger partial charge in [-0.15, -0.1) is 0 Å². The molecule has 0 saturated heterocycles. The van der Waals surface area contributed by atoms with Gasteiger partial charge in [0.25, 0.3) is 0 Å². The first kappa shape index (κ1) is 8.76. The fourth-order valence-electron chi connectivity index (χ4n) is 2.27. The molecule has 0 unspecified atom stereocenters. The lowest BCUT2D eigenvalue weighted by Crippen LogP contribution is -2.31. The Morgan fingerprint density at radius 3 is 2.38 bits per heavy atom. The van der Waals surface area contributed by atoms with E-state index in [0.29, 0.717) is 12.0 Å². The Labute approximate surface area is 80.0 Å². The topological polar surface area (TPSA) is 26.0 Å². The fraction of sp³-hybridized carbons (Fsp3) is 0.500. The van der Waals surface area contributed by atoms with Crippen LogP contribution in [0.25, 0.3) is 0 Å². The first-order valence-corrected chi connectivity index (χ1v) is 5.18. The molecule has 1 aliphatic carbocycles. The Balaban J connectivity index is 2.15. The molecule has 1 nitrogen and oxygen atoms in total. The summed E-state index contributed by atoms with van der Waals surface area (Å²) in [7, 11) is 0. The van der Waals surface area contributed by atoms with Crippen molar-refractivity contribution in [3.8, 4) is 0 Å². The lowest BCUT2D eigenvalue weighted by atomic mass is 9.80. The van der Waals surface area contributed by atoms with E-state index in [1.54, 1.807) is 0 Å². The summed E-state index contributed by atoms with van der Waals surface area (Å²) in [6.07, 6.45) is 5.11. The molecule has 2 atom stereocenters. The van der Waals surface area contributed by atoms with Crippen LogP contribution in [-0.4, -0.2) is 6.04 Å². The number of hydrogen-bond acceptors (Lipinski definition) is 1. The Hall–Kier alpha value is -0.820. The van der Waals surface area contributed by atoms with Crippen molar-refractivity contribution in [1.82, 2.24) is 0 Å². The molecule has 0 amide bonds. The van der Waals surface area contributed by atoms with Gasteiger partial charge in [0.1, 0.15) is 0 Å². The largest absolute Gasteiger partial charge is 0.327 e. The molecule has 0 aromatic heterocycles. The average molecular weight is 175 g/mol. The van der Waals surface area contributed by atoms with Crippen molar-refractivity contribution >= 4 is 0 Å². The lowest BCUT2D eigenvalue weighted by molar-refractivity contribution is 0.385. The Kier molecular flexibility index (Phi) is 2.65. The fourth-order valence-corrected chi connectivity index (χ4v) is 2.27. The van der Waals surface area contributed by atoms with Gasteiger partial charge >= 0.3 is 0 Å². The van der Waals surface area contributed by atoms with Crippen molar-refractivity contribution in [2.45, 2.75) is 37.6 Å². The molecule has 1 aromatic rings. The minimum absolute atomic E-state index is 0.385. The molecule has 0 spiro atoms. The highest BCUT2D eigenvalue weighted by Gasteiger charge is 2.22. The van der Waals surface area contributed by atoms with Crippen LogP contribution < -0.4 is 5.73 Å². The normalized spacial score (nSPS) is 28.7. The summed E-state index contributed by atoms with van der Waals surface area (Å²) in [6, 6.07) is 11.1. The summed E-state index contributed by atoms with van der Waals surface area (Å²) in [4.78, 5) is 0. The van der Waals surface area contributed by atoms with Crippen LogP contribution in [0.1, 0.15) is 37.2 Å². The molecule has 0 aliphatic heterocycles. The molecule has 1 aliphatic rings. The van der Waals surface area contributed by atoms with E-state index < -0.39 is 0 Å². The predicted molar refractivity (Wildman–Crippen MR) is 55.6 cm³/mol. The van der Waals surface area contributed by atoms with Crippen LogP contribution in [0.15, 0.2) is 30.3 Å². The van der Waals surface area contributed by atoms with Crippen LogP contribution >= 0.6 is 0 Å². The summed E-state index contributed by atoms with van der Waals surface area (Å²) in [5.74, 6) is 0.606. The zero-order chi connectivity index (χ0) is 9.10. The molecule has 1 aromatic carbocycles. The summed E-state index contributed by atoms with van der Waals surface area (Å²) in [6.45, 7) is 0. The number of nitrogens with two attached hydrogens (primary N) is 1. The van der Waals surface area contributed by atoms with Gasteiger partial charge in [0, 0.05) is 6.04 Å². The molecular formula is C12H17N. The summed E-state index contributed by atoms with van der Waals surface area (Å²) in [5.41, 5.74) is 7.54. The van der Waals surface area contributed by atoms with Gasteiger partial charge in [0.05, 0.1) is 0 Å². The lowest BCUT2D eigenvalue weighted by Gasteiger charge is -2.28. The molecular weight excluding hydrogens is 158 g/mol. The van der Waals surface area contributed by atoms with Crippen LogP contribution in [0.4, 0.5) is 0 Å². The third kappa shape index (κ3) is 1.92. The zero-order valence-electron chi connectivity index (χ0n) is 7.95. The molecule has 2 N–H and O–H groups in total. The maximum Gasteiger partial charge on any atom is 0.0108 e. The Morgan fingerprint density at radius 2 is 1.69 bits per heavy atom. The second-order valence-electron chi connectivity index (χ2n) is 3.97. The summed E-state index contributed by atoms with van der Waals surface area (Å²) < 4.78 is 0. The first-order chi connectivity index (χ1) is 6.38. The van der Waals surface area contributed by atoms with Crippen LogP contribution in [0.2, 0.25) is 0 Å². The van der Waals surface area contributed by atoms with Crippen LogP contribution in [0, 0.1) is 0 Å². The van der Waals surface area contributed by atoms with Crippen molar-refractivity contribution in [1.29, 1.82) is 0 Å². The van der Waals surface area contributed by atoms with Crippen molar-refractivity contribution < 1.29 is 0 Å². The van der Waals surface area contributed by atoms with Gasteiger partial charge in [0.2, 0.25) is 0 Å². The molecule has 2 rings (SSSR count). The number of rotatable bonds is 1. The molecule has 0 radical (unpaired) electrons. The van der Waals surface area contributed by atoms with E-state index in [2.05, 4.69) is 30.3 Å². The van der Waals surface area contributed by atoms with E-state index in [-0.39, 0.29) is 0 Å². The SMILES string of the molecule is N[C@H]1CCCC[C@@H]1c1ccccc1. The second-order valence-corrected chi connectivity index (χ2v) is 3.97. The summed E-state index contributed by atoms with van der Waals surface area (Å²) >= 11 is 0. The average Bonchev–Trinajstić information content (AvgIpc) is 2.20. The summed E-state index contributed by atoms with van der Waals surface area (Å²) in [5, 5.41) is 0. The van der Waals surface area contributed by atoms with E-state index >= 15 is 0 Å². The minimum Gasteiger partial charge on any atom is -0.327 e. The number of hydrogen-bond donors (Lipinski definition) is 1. The van der Waals surface area contributed by atoms with Gasteiger partial charge in [-0.3, -0.25) is 0 Å². The molecule has 0 heterocycles. The maximum atomic E-state index is 6.11. The Bertz CT molecular complexity index is 255. The molecule has 0 bridgehead atoms. The third-order valence-corrected chi connectivity index (χ3v) is 3.05. The van der Waals surface area contributed by atoms with E-state index in [0.717, 1.165) is 0 Å². The first-order valence-electron chi connectivity index (χ1n) is 5.18. The van der Waals surface area contributed by atoms with Crippen molar-refractivity contribution in [3.63, 3.8) is 0 Å². The van der Waals surface area contributed by atoms with Crippen LogP contribution in [0.3, 0.4) is 0 Å². The minimum atomic E-state index is 0.385. The second kappa shape index (κ2) is 3.93. The van der Waals surface area contributed by atoms with Gasteiger partial charge in [-0.1, -0.05) is 43.2 Å². The maximum absolute atomic E-state index is 6.11. The highest BCUT2D eigenvalue weighted by molar-refractivity contribution is 5.21. The highest BCUT2D eigenvalue weighted by atomic mass is 14.7. The molecule has 1 heteroatoms. The van der Waals surface area contributed by atoms with E-state index in [1.807, 2.05) is 0 Å². The predicted octanol–water partition coefficient (Wildman–Crippen LogP) is 2.67.